The van der Waals surface area contributed by atoms with Gasteiger partial charge in [-0.1, -0.05) is 6.92 Å². The average Bonchev–Trinajstić information content (AvgIpc) is 3.01. The van der Waals surface area contributed by atoms with Crippen molar-refractivity contribution >= 4 is 0 Å². The van der Waals surface area contributed by atoms with Gasteiger partial charge in [0.15, 0.2) is 0 Å². The van der Waals surface area contributed by atoms with Gasteiger partial charge in [0.25, 0.3) is 0 Å². The summed E-state index contributed by atoms with van der Waals surface area (Å²) in [4.78, 5) is 2.46. The molecule has 0 aromatic heterocycles. The third kappa shape index (κ3) is 4.08. The van der Waals surface area contributed by atoms with Crippen molar-refractivity contribution in [1.82, 2.24) is 10.2 Å². The zero-order valence-electron chi connectivity index (χ0n) is 9.29. The van der Waals surface area contributed by atoms with Gasteiger partial charge in [0, 0.05) is 13.1 Å². The predicted octanol–water partition coefficient (Wildman–Crippen LogP) is 1.22. The van der Waals surface area contributed by atoms with Crippen molar-refractivity contribution in [2.75, 3.05) is 26.7 Å². The number of hydrogen-bond acceptors (Lipinski definition) is 3. The van der Waals surface area contributed by atoms with Gasteiger partial charge in [0.1, 0.15) is 0 Å². The highest BCUT2D eigenvalue weighted by Gasteiger charge is 2.23. The molecule has 0 aromatic rings. The van der Waals surface area contributed by atoms with Crippen LogP contribution in [0.1, 0.15) is 26.2 Å². The molecule has 1 aliphatic carbocycles. The van der Waals surface area contributed by atoms with Gasteiger partial charge in [-0.3, -0.25) is 0 Å². The topological polar surface area (TPSA) is 39.1 Å². The van der Waals surface area contributed by atoms with E-state index in [1.807, 2.05) is 7.05 Å². The minimum Gasteiger partial charge on any atom is -0.305 e. The van der Waals surface area contributed by atoms with Gasteiger partial charge in [-0.25, -0.2) is 0 Å². The summed E-state index contributed by atoms with van der Waals surface area (Å²) < 4.78 is 0. The van der Waals surface area contributed by atoms with Gasteiger partial charge in [-0.05, 0) is 38.8 Å². The van der Waals surface area contributed by atoms with E-state index in [1.54, 1.807) is 0 Å². The minimum absolute atomic E-state index is 0.0169. The third-order valence-electron chi connectivity index (χ3n) is 2.90. The maximum Gasteiger partial charge on any atom is 0.0962 e. The molecule has 0 spiro atoms. The van der Waals surface area contributed by atoms with Crippen LogP contribution < -0.4 is 5.32 Å². The van der Waals surface area contributed by atoms with E-state index in [4.69, 9.17) is 5.26 Å². The fraction of sp³-hybridized carbons (Fsp3) is 0.909. The summed E-state index contributed by atoms with van der Waals surface area (Å²) in [6.45, 7) is 5.59. The second kappa shape index (κ2) is 6.00. The van der Waals surface area contributed by atoms with Gasteiger partial charge in [-0.15, -0.1) is 0 Å². The molecule has 0 saturated heterocycles. The molecule has 0 amide bonds. The van der Waals surface area contributed by atoms with Crippen LogP contribution in [0.25, 0.3) is 0 Å². The average molecular weight is 195 g/mol. The lowest BCUT2D eigenvalue weighted by molar-refractivity contribution is 0.267. The number of nitrogens with one attached hydrogen (secondary N) is 1. The van der Waals surface area contributed by atoms with Crippen LogP contribution in [0.4, 0.5) is 0 Å². The maximum atomic E-state index is 8.77. The van der Waals surface area contributed by atoms with Crippen LogP contribution in [0.3, 0.4) is 0 Å². The molecule has 0 bridgehead atoms. The first-order valence-electron chi connectivity index (χ1n) is 5.59. The van der Waals surface area contributed by atoms with Crippen LogP contribution >= 0.6 is 0 Å². The smallest absolute Gasteiger partial charge is 0.0962 e. The summed E-state index contributed by atoms with van der Waals surface area (Å²) in [6.07, 6.45) is 3.75. The molecular formula is C11H21N3. The molecule has 0 radical (unpaired) electrons. The van der Waals surface area contributed by atoms with Gasteiger partial charge < -0.3 is 10.2 Å². The summed E-state index contributed by atoms with van der Waals surface area (Å²) in [5.41, 5.74) is 0. The van der Waals surface area contributed by atoms with Crippen LogP contribution in [0.5, 0.6) is 0 Å². The SMILES string of the molecule is CCN(CCC(C#N)NC)CC1CC1. The largest absolute Gasteiger partial charge is 0.305 e. The van der Waals surface area contributed by atoms with Gasteiger partial charge in [0.05, 0.1) is 12.1 Å². The molecule has 1 aliphatic rings. The van der Waals surface area contributed by atoms with Crippen LogP contribution in [-0.4, -0.2) is 37.6 Å². The highest BCUT2D eigenvalue weighted by molar-refractivity contribution is 4.89. The molecule has 14 heavy (non-hydrogen) atoms. The van der Waals surface area contributed by atoms with Crippen LogP contribution in [0.15, 0.2) is 0 Å². The molecule has 1 atom stereocenters. The van der Waals surface area contributed by atoms with Crippen molar-refractivity contribution in [3.63, 3.8) is 0 Å². The van der Waals surface area contributed by atoms with Gasteiger partial charge in [-0.2, -0.15) is 5.26 Å². The fourth-order valence-electron chi connectivity index (χ4n) is 1.63. The Bertz CT molecular complexity index is 193. The number of nitriles is 1. The molecule has 0 aliphatic heterocycles. The zero-order chi connectivity index (χ0) is 10.4. The number of nitrogens with zero attached hydrogens (tertiary/aromatic N) is 2. The minimum atomic E-state index is 0.0169. The summed E-state index contributed by atoms with van der Waals surface area (Å²) in [5, 5.41) is 11.8. The normalized spacial score (nSPS) is 18.1. The highest BCUT2D eigenvalue weighted by atomic mass is 15.1. The van der Waals surface area contributed by atoms with Crippen molar-refractivity contribution in [3.8, 4) is 6.07 Å². The summed E-state index contributed by atoms with van der Waals surface area (Å²) in [5.74, 6) is 0.949. The molecular weight excluding hydrogens is 174 g/mol. The van der Waals surface area contributed by atoms with Crippen molar-refractivity contribution in [2.24, 2.45) is 5.92 Å². The zero-order valence-corrected chi connectivity index (χ0v) is 9.29. The van der Waals surface area contributed by atoms with E-state index < -0.39 is 0 Å². The van der Waals surface area contributed by atoms with Crippen molar-refractivity contribution in [3.05, 3.63) is 0 Å². The Morgan fingerprint density at radius 3 is 2.71 bits per heavy atom. The molecule has 1 N–H and O–H groups in total. The lowest BCUT2D eigenvalue weighted by atomic mass is 10.2. The van der Waals surface area contributed by atoms with E-state index in [2.05, 4.69) is 23.2 Å². The van der Waals surface area contributed by atoms with Gasteiger partial charge >= 0.3 is 0 Å². The quantitative estimate of drug-likeness (QED) is 0.664. The predicted molar refractivity (Wildman–Crippen MR) is 57.9 cm³/mol. The lowest BCUT2D eigenvalue weighted by Gasteiger charge is -2.21. The molecule has 80 valence electrons. The molecule has 3 heteroatoms. The Morgan fingerprint density at radius 1 is 1.57 bits per heavy atom. The molecule has 0 heterocycles. The van der Waals surface area contributed by atoms with E-state index >= 15 is 0 Å². The fourth-order valence-corrected chi connectivity index (χ4v) is 1.63. The molecule has 1 unspecified atom stereocenters. The van der Waals surface area contributed by atoms with E-state index in [-0.39, 0.29) is 6.04 Å². The van der Waals surface area contributed by atoms with Crippen molar-refractivity contribution < 1.29 is 0 Å². The van der Waals surface area contributed by atoms with E-state index in [0.29, 0.717) is 0 Å². The molecule has 1 saturated carbocycles. The summed E-state index contributed by atoms with van der Waals surface area (Å²) >= 11 is 0. The Balaban J connectivity index is 2.15. The Labute approximate surface area is 87.1 Å². The number of hydrogen-bond donors (Lipinski definition) is 1. The summed E-state index contributed by atoms with van der Waals surface area (Å²) in [6, 6.07) is 2.28. The first kappa shape index (κ1) is 11.5. The van der Waals surface area contributed by atoms with Crippen molar-refractivity contribution in [1.29, 1.82) is 5.26 Å². The van der Waals surface area contributed by atoms with Gasteiger partial charge in [0.2, 0.25) is 0 Å². The third-order valence-corrected chi connectivity index (χ3v) is 2.90. The van der Waals surface area contributed by atoms with E-state index in [1.165, 1.54) is 19.4 Å². The lowest BCUT2D eigenvalue weighted by Crippen LogP contribution is -2.32. The second-order valence-electron chi connectivity index (χ2n) is 4.10. The second-order valence-corrected chi connectivity index (χ2v) is 4.10. The van der Waals surface area contributed by atoms with Crippen LogP contribution in [-0.2, 0) is 0 Å². The number of rotatable bonds is 7. The first-order valence-corrected chi connectivity index (χ1v) is 5.59. The molecule has 1 rings (SSSR count). The molecule has 0 aromatic carbocycles. The van der Waals surface area contributed by atoms with Crippen LogP contribution in [0.2, 0.25) is 0 Å². The van der Waals surface area contributed by atoms with Crippen LogP contribution in [0, 0.1) is 17.2 Å². The molecule has 3 nitrogen and oxygen atoms in total. The van der Waals surface area contributed by atoms with Crippen molar-refractivity contribution in [2.45, 2.75) is 32.2 Å². The van der Waals surface area contributed by atoms with E-state index in [9.17, 15) is 0 Å². The Morgan fingerprint density at radius 2 is 2.29 bits per heavy atom. The Kier molecular flexibility index (Phi) is 4.92. The highest BCUT2D eigenvalue weighted by Crippen LogP contribution is 2.29. The standard InChI is InChI=1S/C11H21N3/c1-3-14(9-10-4-5-10)7-6-11(8-12)13-2/h10-11,13H,3-7,9H2,1-2H3. The first-order chi connectivity index (χ1) is 6.80. The Hall–Kier alpha value is -0.590. The summed E-state index contributed by atoms with van der Waals surface area (Å²) in [7, 11) is 1.85. The van der Waals surface area contributed by atoms with E-state index in [0.717, 1.165) is 25.4 Å². The monoisotopic (exact) mass is 195 g/mol. The molecule has 1 fully saturated rings. The maximum absolute atomic E-state index is 8.77.